The van der Waals surface area contributed by atoms with Crippen LogP contribution in [0.5, 0.6) is 0 Å². The number of nitrogens with one attached hydrogen (secondary N) is 1. The molecule has 0 aliphatic heterocycles. The van der Waals surface area contributed by atoms with Crippen LogP contribution in [0.15, 0.2) is 109 Å². The highest BCUT2D eigenvalue weighted by Crippen LogP contribution is 2.38. The molecule has 0 aliphatic carbocycles. The van der Waals surface area contributed by atoms with Gasteiger partial charge in [0.2, 0.25) is 5.91 Å². The number of quaternary nitrogens is 1. The van der Waals surface area contributed by atoms with E-state index < -0.39 is 26.6 Å². The van der Waals surface area contributed by atoms with Crippen LogP contribution < -0.4 is 10.2 Å². The van der Waals surface area contributed by atoms with E-state index in [9.17, 15) is 19.0 Å². The molecule has 0 aromatic carbocycles. The Morgan fingerprint density at radius 2 is 0.685 bits per heavy atom. The number of rotatable bonds is 67. The second-order valence-corrected chi connectivity index (χ2v) is 27.5. The normalized spacial score (nSPS) is 14.1. The first kappa shape index (κ1) is 85.7. The molecule has 0 saturated heterocycles. The number of allylic oxidation sites excluding steroid dienone is 17. The van der Waals surface area contributed by atoms with Gasteiger partial charge in [-0.25, -0.2) is 0 Å². The number of hydrogen-bond donors (Lipinski definition) is 1. The van der Waals surface area contributed by atoms with Crippen LogP contribution in [-0.4, -0.2) is 69.4 Å². The van der Waals surface area contributed by atoms with Crippen molar-refractivity contribution in [1.29, 1.82) is 0 Å². The number of unbranched alkanes of at least 4 members (excludes halogenated alkanes) is 35. The van der Waals surface area contributed by atoms with Crippen LogP contribution in [0.2, 0.25) is 0 Å². The Balaban J connectivity index is 5.10. The van der Waals surface area contributed by atoms with Crippen LogP contribution in [-0.2, 0) is 27.9 Å². The summed E-state index contributed by atoms with van der Waals surface area (Å²) in [6.07, 6.45) is 93.5. The largest absolute Gasteiger partial charge is 0.756 e. The molecule has 3 unspecified atom stereocenters. The van der Waals surface area contributed by atoms with Crippen molar-refractivity contribution >= 4 is 19.7 Å². The summed E-state index contributed by atoms with van der Waals surface area (Å²) < 4.78 is 30.5. The summed E-state index contributed by atoms with van der Waals surface area (Å²) in [5, 5.41) is 3.04. The van der Waals surface area contributed by atoms with Gasteiger partial charge >= 0.3 is 5.97 Å². The summed E-state index contributed by atoms with van der Waals surface area (Å²) in [6, 6.07) is -0.903. The molecule has 89 heavy (non-hydrogen) atoms. The summed E-state index contributed by atoms with van der Waals surface area (Å²) in [5.74, 6) is -0.553. The SMILES string of the molecule is CCCCC/C=C\C/C=C\C/C=C\C/C=C\CCCCCCCCCCCCCC(=O)NC(COP(=O)([O-])OCC[N+](C)(C)C)C(/C=C\CCCCCCCCCCCCC)OC(=O)CCCCCCCCC/C=C\C/C=C\C/C=C\C/C=C\CCCCC. The highest BCUT2D eigenvalue weighted by atomic mass is 31.2. The Hall–Kier alpha value is -3.33. The van der Waals surface area contributed by atoms with Crippen molar-refractivity contribution in [3.63, 3.8) is 0 Å². The monoisotopic (exact) mass is 1260 g/mol. The molecule has 0 aromatic heterocycles. The smallest absolute Gasteiger partial charge is 0.306 e. The third kappa shape index (κ3) is 68.9. The lowest BCUT2D eigenvalue weighted by molar-refractivity contribution is -0.870. The van der Waals surface area contributed by atoms with Crippen LogP contribution in [0.1, 0.15) is 329 Å². The minimum Gasteiger partial charge on any atom is -0.756 e. The molecule has 1 amide bonds. The lowest BCUT2D eigenvalue weighted by Gasteiger charge is -2.30. The molecule has 0 spiro atoms. The summed E-state index contributed by atoms with van der Waals surface area (Å²) in [4.78, 5) is 40.3. The number of hydrogen-bond acceptors (Lipinski definition) is 7. The van der Waals surface area contributed by atoms with E-state index in [0.29, 0.717) is 23.9 Å². The van der Waals surface area contributed by atoms with Gasteiger partial charge in [-0.15, -0.1) is 0 Å². The molecule has 3 atom stereocenters. The molecule has 0 bridgehead atoms. The summed E-state index contributed by atoms with van der Waals surface area (Å²) in [5.41, 5.74) is 0. The molecular weight excluding hydrogens is 1120 g/mol. The third-order valence-corrected chi connectivity index (χ3v) is 17.1. The Bertz CT molecular complexity index is 1890. The average Bonchev–Trinajstić information content (AvgIpc) is 3.65. The van der Waals surface area contributed by atoms with Gasteiger partial charge in [0.25, 0.3) is 7.82 Å². The maximum absolute atomic E-state index is 13.6. The van der Waals surface area contributed by atoms with Gasteiger partial charge in [-0.1, -0.05) is 304 Å². The van der Waals surface area contributed by atoms with Gasteiger partial charge in [0.15, 0.2) is 0 Å². The first-order chi connectivity index (χ1) is 43.4. The fourth-order valence-electron chi connectivity index (χ4n) is 10.4. The number of ether oxygens (including phenoxy) is 1. The molecule has 1 N–H and O–H groups in total. The van der Waals surface area contributed by atoms with Gasteiger partial charge in [0.1, 0.15) is 19.3 Å². The molecule has 0 fully saturated rings. The number of likely N-dealkylation sites (N-methyl/N-ethyl adjacent to an activating group) is 1. The minimum absolute atomic E-state index is 0.0292. The third-order valence-electron chi connectivity index (χ3n) is 16.2. The molecule has 0 saturated carbocycles. The van der Waals surface area contributed by atoms with Crippen molar-refractivity contribution in [3.8, 4) is 0 Å². The number of carbonyl (C=O) groups is 2. The van der Waals surface area contributed by atoms with Gasteiger partial charge < -0.3 is 28.5 Å². The molecule has 0 aromatic rings. The van der Waals surface area contributed by atoms with Gasteiger partial charge in [-0.2, -0.15) is 0 Å². The van der Waals surface area contributed by atoms with Crippen molar-refractivity contribution < 1.29 is 37.3 Å². The summed E-state index contributed by atoms with van der Waals surface area (Å²) in [6.45, 7) is 6.80. The molecule has 10 heteroatoms. The predicted molar refractivity (Wildman–Crippen MR) is 385 cm³/mol. The number of phosphoric acid groups is 1. The highest BCUT2D eigenvalue weighted by Gasteiger charge is 2.27. The lowest BCUT2D eigenvalue weighted by atomic mass is 10.0. The zero-order chi connectivity index (χ0) is 64.9. The van der Waals surface area contributed by atoms with Crippen molar-refractivity contribution in [1.82, 2.24) is 5.32 Å². The van der Waals surface area contributed by atoms with E-state index in [1.165, 1.54) is 180 Å². The van der Waals surface area contributed by atoms with Gasteiger partial charge in [0, 0.05) is 12.8 Å². The number of phosphoric ester groups is 1. The maximum Gasteiger partial charge on any atom is 0.306 e. The van der Waals surface area contributed by atoms with E-state index >= 15 is 0 Å². The molecule has 0 rings (SSSR count). The zero-order valence-corrected chi connectivity index (χ0v) is 59.8. The first-order valence-electron chi connectivity index (χ1n) is 37.2. The Morgan fingerprint density at radius 3 is 1.04 bits per heavy atom. The van der Waals surface area contributed by atoms with Crippen LogP contribution in [0.4, 0.5) is 0 Å². The maximum atomic E-state index is 13.6. The highest BCUT2D eigenvalue weighted by molar-refractivity contribution is 7.45. The van der Waals surface area contributed by atoms with Crippen LogP contribution in [0.25, 0.3) is 0 Å². The number of amides is 1. The van der Waals surface area contributed by atoms with Crippen LogP contribution >= 0.6 is 7.82 Å². The summed E-state index contributed by atoms with van der Waals surface area (Å²) >= 11 is 0. The van der Waals surface area contributed by atoms with E-state index in [2.05, 4.69) is 123 Å². The van der Waals surface area contributed by atoms with E-state index in [1.807, 2.05) is 33.3 Å². The number of nitrogens with zero attached hydrogens (tertiary/aromatic N) is 1. The van der Waals surface area contributed by atoms with E-state index in [4.69, 9.17) is 13.8 Å². The molecular formula is C79H141N2O7P. The Morgan fingerprint density at radius 1 is 0.393 bits per heavy atom. The topological polar surface area (TPSA) is 114 Å². The van der Waals surface area contributed by atoms with Gasteiger partial charge in [-0.05, 0) is 122 Å². The standard InChI is InChI=1S/C79H141N2O7P/c1-7-10-13-16-19-22-25-28-30-32-34-36-38-39-40-41-43-44-46-48-50-53-56-59-62-65-68-71-78(82)80-76(75-87-89(84,85)86-74-73-81(4,5)6)77(70-67-64-61-58-55-52-27-24-21-18-15-12-9-3)88-79(83)72-69-66-63-60-57-54-51-49-47-45-42-37-35-33-31-29-26-23-20-17-14-11-8-2/h19-20,22-23,28-31,34-37,39-40,45,47,67,70,76-77H,7-18,21,24-27,32-33,38,41-44,46,48-66,68-69,71-75H2,1-6H3,(H-,80,82,84,85)/b22-19-,23-20-,30-28-,31-29-,36-34-,37-35-,40-39-,47-45-,70-67-. The average molecular weight is 1260 g/mol. The second-order valence-electron chi connectivity index (χ2n) is 26.1. The van der Waals surface area contributed by atoms with Crippen molar-refractivity contribution in [2.45, 2.75) is 341 Å². The van der Waals surface area contributed by atoms with E-state index in [1.54, 1.807) is 0 Å². The first-order valence-corrected chi connectivity index (χ1v) is 38.7. The van der Waals surface area contributed by atoms with Crippen LogP contribution in [0.3, 0.4) is 0 Å². The molecule has 9 nitrogen and oxygen atoms in total. The zero-order valence-electron chi connectivity index (χ0n) is 58.9. The quantitative estimate of drug-likeness (QED) is 0.0212. The Kier molecular flexibility index (Phi) is 65.0. The fraction of sp³-hybridized carbons (Fsp3) is 0.747. The second kappa shape index (κ2) is 67.6. The Labute approximate surface area is 551 Å². The predicted octanol–water partition coefficient (Wildman–Crippen LogP) is 23.4. The summed E-state index contributed by atoms with van der Waals surface area (Å²) in [7, 11) is 1.17. The van der Waals surface area contributed by atoms with E-state index in [-0.39, 0.29) is 24.9 Å². The lowest BCUT2D eigenvalue weighted by Crippen LogP contribution is -2.47. The fourth-order valence-corrected chi connectivity index (χ4v) is 11.2. The van der Waals surface area contributed by atoms with Gasteiger partial charge in [0.05, 0.1) is 33.8 Å². The molecule has 0 radical (unpaired) electrons. The van der Waals surface area contributed by atoms with Crippen molar-refractivity contribution in [2.24, 2.45) is 0 Å². The van der Waals surface area contributed by atoms with E-state index in [0.717, 1.165) is 109 Å². The minimum atomic E-state index is -4.72. The van der Waals surface area contributed by atoms with Crippen LogP contribution in [0, 0.1) is 0 Å². The number of carbonyl (C=O) groups excluding carboxylic acids is 2. The number of esters is 1. The molecule has 0 heterocycles. The van der Waals surface area contributed by atoms with Gasteiger partial charge in [-0.3, -0.25) is 14.2 Å². The molecule has 514 valence electrons. The van der Waals surface area contributed by atoms with Crippen molar-refractivity contribution in [3.05, 3.63) is 109 Å². The molecule has 0 aliphatic rings. The van der Waals surface area contributed by atoms with Crippen molar-refractivity contribution in [2.75, 3.05) is 40.9 Å².